The number of nitrogens with one attached hydrogen (secondary N) is 2. The highest BCUT2D eigenvalue weighted by molar-refractivity contribution is 7.91. The molecule has 0 bridgehead atoms. The maximum atomic E-state index is 12.1. The molecule has 2 aromatic rings. The second-order valence-electron chi connectivity index (χ2n) is 5.95. The van der Waals surface area contributed by atoms with Gasteiger partial charge in [-0.3, -0.25) is 9.59 Å². The van der Waals surface area contributed by atoms with Gasteiger partial charge in [0.15, 0.2) is 9.84 Å². The molecule has 0 saturated heterocycles. The molecule has 0 aliphatic heterocycles. The Morgan fingerprint density at radius 1 is 0.923 bits per heavy atom. The number of rotatable bonds is 7. The maximum Gasteiger partial charge on any atom is 0.243 e. The van der Waals surface area contributed by atoms with Gasteiger partial charge in [-0.15, -0.1) is 0 Å². The normalized spacial score (nSPS) is 11.0. The highest BCUT2D eigenvalue weighted by atomic mass is 32.2. The van der Waals surface area contributed by atoms with Crippen LogP contribution in [0.5, 0.6) is 0 Å². The molecule has 2 amide bonds. The van der Waals surface area contributed by atoms with Gasteiger partial charge >= 0.3 is 0 Å². The predicted octanol–water partition coefficient (Wildman–Crippen LogP) is 2.22. The van der Waals surface area contributed by atoms with Crippen LogP contribution in [0.3, 0.4) is 0 Å². The van der Waals surface area contributed by atoms with E-state index in [1.165, 1.54) is 12.1 Å². The molecule has 26 heavy (non-hydrogen) atoms. The average molecular weight is 374 g/mol. The fourth-order valence-corrected chi connectivity index (χ4v) is 3.58. The minimum Gasteiger partial charge on any atom is -0.347 e. The van der Waals surface area contributed by atoms with E-state index in [1.54, 1.807) is 24.3 Å². The molecule has 0 aliphatic rings. The molecule has 2 rings (SSSR count). The molecule has 6 nitrogen and oxygen atoms in total. The minimum absolute atomic E-state index is 0.181. The molecule has 0 heterocycles. The van der Waals surface area contributed by atoms with Gasteiger partial charge in [0.1, 0.15) is 0 Å². The minimum atomic E-state index is -3.51. The monoisotopic (exact) mass is 374 g/mol. The Hall–Kier alpha value is -2.67. The lowest BCUT2D eigenvalue weighted by atomic mass is 10.1. The van der Waals surface area contributed by atoms with Gasteiger partial charge in [-0.2, -0.15) is 0 Å². The van der Waals surface area contributed by atoms with Gasteiger partial charge in [-0.05, 0) is 43.2 Å². The van der Waals surface area contributed by atoms with Crippen LogP contribution in [0.15, 0.2) is 53.4 Å². The topological polar surface area (TPSA) is 92.3 Å². The third-order valence-corrected chi connectivity index (χ3v) is 5.76. The van der Waals surface area contributed by atoms with Crippen molar-refractivity contribution < 1.29 is 18.0 Å². The molecule has 2 aromatic carbocycles. The molecular formula is C19H22N2O4S. The fourth-order valence-electron chi connectivity index (χ4n) is 2.32. The van der Waals surface area contributed by atoms with Gasteiger partial charge in [-0.1, -0.05) is 30.3 Å². The zero-order chi connectivity index (χ0) is 19.2. The predicted molar refractivity (Wildman–Crippen MR) is 101 cm³/mol. The van der Waals surface area contributed by atoms with Crippen LogP contribution in [0.4, 0.5) is 5.69 Å². The standard InChI is InChI=1S/C19H22N2O4S/c1-14-7-6-10-17(15(14)2)21-19(23)13-20-18(22)11-12-26(24,25)16-8-4-3-5-9-16/h3-10H,11-13H2,1-2H3,(H,20,22)(H,21,23). The van der Waals surface area contributed by atoms with Crippen LogP contribution in [0.25, 0.3) is 0 Å². The molecule has 0 aliphatic carbocycles. The van der Waals surface area contributed by atoms with Crippen molar-refractivity contribution in [2.24, 2.45) is 0 Å². The molecule has 0 unspecified atom stereocenters. The van der Waals surface area contributed by atoms with Gasteiger partial charge in [0.05, 0.1) is 17.2 Å². The largest absolute Gasteiger partial charge is 0.347 e. The Bertz CT molecular complexity index is 893. The van der Waals surface area contributed by atoms with Crippen molar-refractivity contribution in [3.05, 3.63) is 59.7 Å². The highest BCUT2D eigenvalue weighted by Gasteiger charge is 2.16. The van der Waals surface area contributed by atoms with Gasteiger partial charge in [0, 0.05) is 12.1 Å². The lowest BCUT2D eigenvalue weighted by Crippen LogP contribution is -2.33. The summed E-state index contributed by atoms with van der Waals surface area (Å²) in [6.07, 6.45) is -0.200. The van der Waals surface area contributed by atoms with Crippen molar-refractivity contribution in [1.29, 1.82) is 0 Å². The summed E-state index contributed by atoms with van der Waals surface area (Å²) in [6.45, 7) is 3.63. The SMILES string of the molecule is Cc1cccc(NC(=O)CNC(=O)CCS(=O)(=O)c2ccccc2)c1C. The number of carbonyl (C=O) groups is 2. The first kappa shape index (κ1) is 19.7. The molecule has 138 valence electrons. The maximum absolute atomic E-state index is 12.1. The summed E-state index contributed by atoms with van der Waals surface area (Å²) in [7, 11) is -3.51. The quantitative estimate of drug-likeness (QED) is 0.777. The van der Waals surface area contributed by atoms with E-state index >= 15 is 0 Å². The summed E-state index contributed by atoms with van der Waals surface area (Å²) in [5.41, 5.74) is 2.70. The molecule has 0 atom stereocenters. The summed E-state index contributed by atoms with van der Waals surface area (Å²) < 4.78 is 24.3. The van der Waals surface area contributed by atoms with E-state index in [2.05, 4.69) is 10.6 Å². The van der Waals surface area contributed by atoms with Gasteiger partial charge in [-0.25, -0.2) is 8.42 Å². The summed E-state index contributed by atoms with van der Waals surface area (Å²) >= 11 is 0. The van der Waals surface area contributed by atoms with Crippen LogP contribution in [0.2, 0.25) is 0 Å². The number of hydrogen-bond acceptors (Lipinski definition) is 4. The number of aryl methyl sites for hydroxylation is 1. The van der Waals surface area contributed by atoms with E-state index in [9.17, 15) is 18.0 Å². The van der Waals surface area contributed by atoms with E-state index < -0.39 is 15.7 Å². The Morgan fingerprint density at radius 3 is 2.31 bits per heavy atom. The van der Waals surface area contributed by atoms with Crippen LogP contribution >= 0.6 is 0 Å². The lowest BCUT2D eigenvalue weighted by molar-refractivity contribution is -0.123. The van der Waals surface area contributed by atoms with Crippen molar-refractivity contribution in [2.75, 3.05) is 17.6 Å². The highest BCUT2D eigenvalue weighted by Crippen LogP contribution is 2.17. The fraction of sp³-hybridized carbons (Fsp3) is 0.263. The number of hydrogen-bond donors (Lipinski definition) is 2. The van der Waals surface area contributed by atoms with Crippen LogP contribution in [0, 0.1) is 13.8 Å². The molecule has 7 heteroatoms. The summed E-state index contributed by atoms with van der Waals surface area (Å²) in [4.78, 5) is 24.0. The van der Waals surface area contributed by atoms with Crippen molar-refractivity contribution >= 4 is 27.3 Å². The second-order valence-corrected chi connectivity index (χ2v) is 8.06. The van der Waals surface area contributed by atoms with Gasteiger partial charge in [0.2, 0.25) is 11.8 Å². The molecule has 0 fully saturated rings. The number of sulfone groups is 1. The van der Waals surface area contributed by atoms with Crippen molar-refractivity contribution in [1.82, 2.24) is 5.32 Å². The molecular weight excluding hydrogens is 352 g/mol. The Labute approximate surface area is 153 Å². The zero-order valence-corrected chi connectivity index (χ0v) is 15.6. The number of amides is 2. The van der Waals surface area contributed by atoms with E-state index in [1.807, 2.05) is 26.0 Å². The van der Waals surface area contributed by atoms with E-state index in [4.69, 9.17) is 0 Å². The molecule has 0 radical (unpaired) electrons. The van der Waals surface area contributed by atoms with Crippen LogP contribution in [0.1, 0.15) is 17.5 Å². The summed E-state index contributed by atoms with van der Waals surface area (Å²) in [5, 5.41) is 5.18. The van der Waals surface area contributed by atoms with E-state index in [0.717, 1.165) is 11.1 Å². The van der Waals surface area contributed by atoms with Crippen LogP contribution < -0.4 is 10.6 Å². The van der Waals surface area contributed by atoms with Gasteiger partial charge in [0.25, 0.3) is 0 Å². The van der Waals surface area contributed by atoms with Crippen molar-refractivity contribution in [3.63, 3.8) is 0 Å². The molecule has 0 saturated carbocycles. The third kappa shape index (κ3) is 5.42. The Balaban J connectivity index is 1.81. The van der Waals surface area contributed by atoms with E-state index in [0.29, 0.717) is 5.69 Å². The lowest BCUT2D eigenvalue weighted by Gasteiger charge is -2.11. The molecule has 0 aromatic heterocycles. The summed E-state index contributed by atoms with van der Waals surface area (Å²) in [6, 6.07) is 13.5. The second kappa shape index (κ2) is 8.62. The smallest absolute Gasteiger partial charge is 0.243 e. The first-order valence-electron chi connectivity index (χ1n) is 8.20. The average Bonchev–Trinajstić information content (AvgIpc) is 2.63. The third-order valence-electron chi connectivity index (χ3n) is 4.03. The van der Waals surface area contributed by atoms with E-state index in [-0.39, 0.29) is 29.5 Å². The van der Waals surface area contributed by atoms with Crippen molar-refractivity contribution in [3.8, 4) is 0 Å². The number of benzene rings is 2. The number of anilines is 1. The first-order chi connectivity index (χ1) is 12.3. The molecule has 2 N–H and O–H groups in total. The Morgan fingerprint density at radius 2 is 1.62 bits per heavy atom. The zero-order valence-electron chi connectivity index (χ0n) is 14.8. The van der Waals surface area contributed by atoms with Crippen LogP contribution in [-0.2, 0) is 19.4 Å². The van der Waals surface area contributed by atoms with Gasteiger partial charge < -0.3 is 10.6 Å². The molecule has 0 spiro atoms. The van der Waals surface area contributed by atoms with Crippen molar-refractivity contribution in [2.45, 2.75) is 25.2 Å². The first-order valence-corrected chi connectivity index (χ1v) is 9.85. The Kier molecular flexibility index (Phi) is 6.52. The summed E-state index contributed by atoms with van der Waals surface area (Å²) in [5.74, 6) is -1.15. The number of carbonyl (C=O) groups excluding carboxylic acids is 2. The van der Waals surface area contributed by atoms with Crippen LogP contribution in [-0.4, -0.2) is 32.5 Å².